The molecule has 7 heteroatoms. The van der Waals surface area contributed by atoms with Crippen LogP contribution in [0.4, 0.5) is 5.13 Å². The zero-order valence-corrected chi connectivity index (χ0v) is 21.8. The van der Waals surface area contributed by atoms with E-state index in [-0.39, 0.29) is 5.91 Å². The molecule has 0 aliphatic heterocycles. The second kappa shape index (κ2) is 13.0. The number of aryl methyl sites for hydroxylation is 1. The Morgan fingerprint density at radius 3 is 2.48 bits per heavy atom. The number of anilines is 1. The molecule has 1 aromatic heterocycles. The molecule has 0 aliphatic carbocycles. The van der Waals surface area contributed by atoms with Gasteiger partial charge in [-0.1, -0.05) is 38.2 Å². The number of thioether (sulfide) groups is 1. The number of thiazole rings is 1. The van der Waals surface area contributed by atoms with Crippen LogP contribution in [0.1, 0.15) is 39.2 Å². The van der Waals surface area contributed by atoms with Crippen LogP contribution in [0.15, 0.2) is 47.4 Å². The van der Waals surface area contributed by atoms with Crippen molar-refractivity contribution in [1.29, 1.82) is 0 Å². The molecule has 33 heavy (non-hydrogen) atoms. The summed E-state index contributed by atoms with van der Waals surface area (Å²) in [7, 11) is 1.67. The van der Waals surface area contributed by atoms with Gasteiger partial charge in [0.05, 0.1) is 17.3 Å². The molecule has 0 bridgehead atoms. The van der Waals surface area contributed by atoms with Crippen LogP contribution in [0.25, 0.3) is 10.2 Å². The van der Waals surface area contributed by atoms with Crippen molar-refractivity contribution in [2.24, 2.45) is 0 Å². The Morgan fingerprint density at radius 1 is 1.06 bits per heavy atom. The first-order chi connectivity index (χ1) is 16.1. The Bertz CT molecular complexity index is 1020. The number of carbonyl (C=O) groups is 1. The van der Waals surface area contributed by atoms with E-state index in [9.17, 15) is 4.79 Å². The summed E-state index contributed by atoms with van der Waals surface area (Å²) in [4.78, 5) is 23.5. The maximum Gasteiger partial charge on any atom is 0.228 e. The fourth-order valence-electron chi connectivity index (χ4n) is 3.62. The molecule has 0 radical (unpaired) electrons. The SMILES string of the molecule is CCc1ccc2nc(N(CCN(CC)CC)C(=O)CCCSc3ccc(OC)cc3)sc2c1. The smallest absolute Gasteiger partial charge is 0.228 e. The van der Waals surface area contributed by atoms with E-state index in [1.54, 1.807) is 30.2 Å². The van der Waals surface area contributed by atoms with Crippen LogP contribution in [0.5, 0.6) is 5.75 Å². The molecule has 0 saturated heterocycles. The second-order valence-corrected chi connectivity index (χ2v) is 10.0. The number of benzene rings is 2. The number of hydrogen-bond acceptors (Lipinski definition) is 6. The maximum absolute atomic E-state index is 13.3. The van der Waals surface area contributed by atoms with Crippen LogP contribution in [0.3, 0.4) is 0 Å². The van der Waals surface area contributed by atoms with Gasteiger partial charge in [-0.05, 0) is 73.6 Å². The number of likely N-dealkylation sites (N-methyl/N-ethyl adjacent to an activating group) is 1. The Morgan fingerprint density at radius 2 is 1.82 bits per heavy atom. The highest BCUT2D eigenvalue weighted by Gasteiger charge is 2.20. The predicted octanol–water partition coefficient (Wildman–Crippen LogP) is 6.11. The monoisotopic (exact) mass is 485 g/mol. The van der Waals surface area contributed by atoms with Crippen LogP contribution in [0.2, 0.25) is 0 Å². The standard InChI is InChI=1S/C26H35N3O2S2/c1-5-20-10-15-23-24(19-20)33-26(27-23)29(17-16-28(6-2)7-3)25(30)9-8-18-32-22-13-11-21(31-4)12-14-22/h10-15,19H,5-9,16-18H2,1-4H3. The normalized spacial score (nSPS) is 11.3. The highest BCUT2D eigenvalue weighted by atomic mass is 32.2. The Hall–Kier alpha value is -2.09. The maximum atomic E-state index is 13.3. The molecule has 0 saturated carbocycles. The summed E-state index contributed by atoms with van der Waals surface area (Å²) in [5.41, 5.74) is 2.28. The molecule has 0 atom stereocenters. The van der Waals surface area contributed by atoms with Gasteiger partial charge in [-0.2, -0.15) is 0 Å². The lowest BCUT2D eigenvalue weighted by Crippen LogP contribution is -2.38. The van der Waals surface area contributed by atoms with E-state index >= 15 is 0 Å². The van der Waals surface area contributed by atoms with Gasteiger partial charge < -0.3 is 9.64 Å². The summed E-state index contributed by atoms with van der Waals surface area (Å²) in [6.07, 6.45) is 2.36. The number of amides is 1. The Balaban J connectivity index is 1.65. The summed E-state index contributed by atoms with van der Waals surface area (Å²) < 4.78 is 6.37. The Labute approximate surface area is 206 Å². The summed E-state index contributed by atoms with van der Waals surface area (Å²) in [6, 6.07) is 14.5. The minimum absolute atomic E-state index is 0.159. The average Bonchev–Trinajstić information content (AvgIpc) is 3.27. The molecule has 178 valence electrons. The van der Waals surface area contributed by atoms with Gasteiger partial charge >= 0.3 is 0 Å². The third kappa shape index (κ3) is 7.19. The summed E-state index contributed by atoms with van der Waals surface area (Å²) in [5.74, 6) is 1.93. The Kier molecular flexibility index (Phi) is 10.0. The molecule has 3 aromatic rings. The third-order valence-electron chi connectivity index (χ3n) is 5.78. The van der Waals surface area contributed by atoms with Crippen molar-refractivity contribution in [3.8, 4) is 5.75 Å². The molecule has 1 amide bonds. The van der Waals surface area contributed by atoms with Gasteiger partial charge in [0.2, 0.25) is 5.91 Å². The number of aromatic nitrogens is 1. The first-order valence-corrected chi connectivity index (χ1v) is 13.6. The van der Waals surface area contributed by atoms with Crippen LogP contribution in [-0.4, -0.2) is 54.8 Å². The number of fused-ring (bicyclic) bond motifs is 1. The van der Waals surface area contributed by atoms with Crippen molar-refractivity contribution in [3.63, 3.8) is 0 Å². The molecule has 0 spiro atoms. The first-order valence-electron chi connectivity index (χ1n) is 11.8. The van der Waals surface area contributed by atoms with E-state index in [2.05, 4.69) is 56.0 Å². The van der Waals surface area contributed by atoms with Crippen LogP contribution in [-0.2, 0) is 11.2 Å². The van der Waals surface area contributed by atoms with Gasteiger partial charge in [-0.3, -0.25) is 9.69 Å². The fourth-order valence-corrected chi connectivity index (χ4v) is 5.55. The lowest BCUT2D eigenvalue weighted by molar-refractivity contribution is -0.118. The minimum atomic E-state index is 0.159. The van der Waals surface area contributed by atoms with Crippen LogP contribution in [0, 0.1) is 0 Å². The molecule has 0 unspecified atom stereocenters. The van der Waals surface area contributed by atoms with Gasteiger partial charge in [0.1, 0.15) is 5.75 Å². The second-order valence-electron chi connectivity index (χ2n) is 7.85. The van der Waals surface area contributed by atoms with Crippen molar-refractivity contribution in [2.45, 2.75) is 44.9 Å². The number of carbonyl (C=O) groups excluding carboxylic acids is 1. The van der Waals surface area contributed by atoms with Crippen molar-refractivity contribution < 1.29 is 9.53 Å². The number of rotatable bonds is 13. The molecular formula is C26H35N3O2S2. The molecular weight excluding hydrogens is 450 g/mol. The van der Waals surface area contributed by atoms with Gasteiger partial charge in [-0.15, -0.1) is 11.8 Å². The predicted molar refractivity (Wildman–Crippen MR) is 142 cm³/mol. The zero-order chi connectivity index (χ0) is 23.6. The van der Waals surface area contributed by atoms with Crippen molar-refractivity contribution in [3.05, 3.63) is 48.0 Å². The van der Waals surface area contributed by atoms with Crippen molar-refractivity contribution >= 4 is 44.4 Å². The van der Waals surface area contributed by atoms with Crippen LogP contribution < -0.4 is 9.64 Å². The van der Waals surface area contributed by atoms with Crippen molar-refractivity contribution in [2.75, 3.05) is 43.9 Å². The van der Waals surface area contributed by atoms with E-state index in [1.165, 1.54) is 10.5 Å². The minimum Gasteiger partial charge on any atom is -0.497 e. The fraction of sp³-hybridized carbons (Fsp3) is 0.462. The number of hydrogen-bond donors (Lipinski definition) is 0. The third-order valence-corrected chi connectivity index (χ3v) is 7.92. The molecule has 3 rings (SSSR count). The van der Waals surface area contributed by atoms with Gasteiger partial charge in [-0.25, -0.2) is 4.98 Å². The molecule has 1 heterocycles. The summed E-state index contributed by atoms with van der Waals surface area (Å²) in [6.45, 7) is 9.98. The largest absolute Gasteiger partial charge is 0.497 e. The number of ether oxygens (including phenoxy) is 1. The van der Waals surface area contributed by atoms with E-state index in [4.69, 9.17) is 9.72 Å². The highest BCUT2D eigenvalue weighted by molar-refractivity contribution is 7.99. The first kappa shape index (κ1) is 25.5. The highest BCUT2D eigenvalue weighted by Crippen LogP contribution is 2.30. The number of methoxy groups -OCH3 is 1. The van der Waals surface area contributed by atoms with E-state index < -0.39 is 0 Å². The average molecular weight is 486 g/mol. The zero-order valence-electron chi connectivity index (χ0n) is 20.2. The van der Waals surface area contributed by atoms with E-state index in [0.29, 0.717) is 13.0 Å². The molecule has 5 nitrogen and oxygen atoms in total. The molecule has 0 N–H and O–H groups in total. The van der Waals surface area contributed by atoms with Gasteiger partial charge in [0.25, 0.3) is 0 Å². The lowest BCUT2D eigenvalue weighted by atomic mass is 10.2. The van der Waals surface area contributed by atoms with E-state index in [0.717, 1.165) is 59.3 Å². The van der Waals surface area contributed by atoms with Crippen molar-refractivity contribution in [1.82, 2.24) is 9.88 Å². The molecule has 0 fully saturated rings. The molecule has 0 aliphatic rings. The summed E-state index contributed by atoms with van der Waals surface area (Å²) in [5, 5.41) is 0.818. The van der Waals surface area contributed by atoms with Gasteiger partial charge in [0.15, 0.2) is 5.13 Å². The molecule has 2 aromatic carbocycles. The topological polar surface area (TPSA) is 45.7 Å². The lowest BCUT2D eigenvalue weighted by Gasteiger charge is -2.24. The van der Waals surface area contributed by atoms with Crippen LogP contribution >= 0.6 is 23.1 Å². The van der Waals surface area contributed by atoms with E-state index in [1.807, 2.05) is 17.0 Å². The summed E-state index contributed by atoms with van der Waals surface area (Å²) >= 11 is 3.40. The quantitative estimate of drug-likeness (QED) is 0.216. The number of nitrogens with zero attached hydrogens (tertiary/aromatic N) is 3. The van der Waals surface area contributed by atoms with Gasteiger partial charge in [0, 0.05) is 24.4 Å².